The van der Waals surface area contributed by atoms with E-state index in [-0.39, 0.29) is 17.4 Å². The van der Waals surface area contributed by atoms with Gasteiger partial charge in [-0.15, -0.1) is 0 Å². The third-order valence-corrected chi connectivity index (χ3v) is 0. The molecule has 0 saturated heterocycles. The van der Waals surface area contributed by atoms with E-state index in [1.807, 2.05) is 0 Å². The van der Waals surface area contributed by atoms with Gasteiger partial charge in [0.2, 0.25) is 0 Å². The largest absolute Gasteiger partial charge is 3.00 e. The van der Waals surface area contributed by atoms with E-state index in [2.05, 4.69) is 0 Å². The molecule has 0 N–H and O–H groups in total. The van der Waals surface area contributed by atoms with E-state index in [0.717, 1.165) is 0 Å². The topological polar surface area (TPSA) is 141 Å². The van der Waals surface area contributed by atoms with Gasteiger partial charge in [-0.25, -0.2) is 15.8 Å². The van der Waals surface area contributed by atoms with E-state index in [1.54, 1.807) is 0 Å². The molecule has 7 heteroatoms. The monoisotopic (exact) mass is 153 g/mol. The van der Waals surface area contributed by atoms with E-state index in [0.29, 0.717) is 18.8 Å². The molecule has 0 aromatic heterocycles. The Labute approximate surface area is 67.9 Å². The summed E-state index contributed by atoms with van der Waals surface area (Å²) in [5, 5.41) is 45.0. The predicted octanol–water partition coefficient (Wildman–Crippen LogP) is -3.90. The Balaban J connectivity index is -0.0000000257. The van der Waals surface area contributed by atoms with Gasteiger partial charge in [0.05, 0.1) is 0 Å². The summed E-state index contributed by atoms with van der Waals surface area (Å²) in [5.74, 6) is 0. The maximum absolute atomic E-state index is 8.24. The van der Waals surface area contributed by atoms with Crippen molar-refractivity contribution in [3.05, 3.63) is 0 Å². The zero-order chi connectivity index (χ0) is 8.12. The second-order valence-electron chi connectivity index (χ2n) is 0.274. The number of hydrogen-bond acceptors (Lipinski definition) is 6. The van der Waals surface area contributed by atoms with Gasteiger partial charge in [0.15, 0.2) is 0 Å². The Morgan fingerprint density at radius 3 is 0.700 bits per heavy atom. The van der Waals surface area contributed by atoms with Gasteiger partial charge in [0.1, 0.15) is 0 Å². The quantitative estimate of drug-likeness (QED) is 0.257. The van der Waals surface area contributed by atoms with Crippen molar-refractivity contribution in [1.82, 2.24) is 0 Å². The molecule has 6 nitrogen and oxygen atoms in total. The first kappa shape index (κ1) is 23.8. The van der Waals surface area contributed by atoms with E-state index in [4.69, 9.17) is 31.1 Å². The first-order valence-corrected chi connectivity index (χ1v) is 1.28. The summed E-state index contributed by atoms with van der Waals surface area (Å²) in [6.07, 6.45) is 1.50. The van der Waals surface area contributed by atoms with Crippen LogP contribution in [0.15, 0.2) is 0 Å². The second kappa shape index (κ2) is 154. The summed E-state index contributed by atoms with van der Waals surface area (Å²) >= 11 is 0. The van der Waals surface area contributed by atoms with Crippen LogP contribution in [-0.2, 0) is 0 Å². The molecule has 0 atom stereocenters. The van der Waals surface area contributed by atoms with Gasteiger partial charge in [-0.2, -0.15) is 0 Å². The van der Waals surface area contributed by atoms with Crippen molar-refractivity contribution in [2.24, 2.45) is 0 Å². The normalized spacial score (nSPS) is 2.10. The van der Waals surface area contributed by atoms with Crippen LogP contribution in [0.5, 0.6) is 0 Å². The van der Waals surface area contributed by atoms with Crippen LogP contribution in [0.25, 0.3) is 0 Å². The maximum atomic E-state index is 8.24. The minimum atomic E-state index is 0. The molecule has 0 aliphatic rings. The average molecular weight is 153 g/mol. The first-order chi connectivity index (χ1) is 4.24. The van der Waals surface area contributed by atoms with Crippen LogP contribution < -0.4 is 15.3 Å². The fourth-order valence-electron chi connectivity index (χ4n) is 0. The van der Waals surface area contributed by atoms with E-state index in [9.17, 15) is 0 Å². The van der Waals surface area contributed by atoms with Crippen LogP contribution in [0.1, 0.15) is 0 Å². The number of hydrogen-bond donors (Lipinski definition) is 0. The smallest absolute Gasteiger partial charge is 0.812 e. The first-order valence-electron chi connectivity index (χ1n) is 1.28. The molecule has 0 aromatic carbocycles. The Morgan fingerprint density at radius 2 is 0.700 bits per heavy atom. The second-order valence-corrected chi connectivity index (χ2v) is 0.274. The molecule has 0 bridgehead atoms. The summed E-state index contributed by atoms with van der Waals surface area (Å²) in [6.45, 7) is 0. The van der Waals surface area contributed by atoms with Gasteiger partial charge < -0.3 is 15.3 Å². The summed E-state index contributed by atoms with van der Waals surface area (Å²) in [5.41, 5.74) is 0. The van der Waals surface area contributed by atoms with Crippen molar-refractivity contribution < 1.29 is 15.3 Å². The van der Waals surface area contributed by atoms with Crippen molar-refractivity contribution >= 4 is 17.4 Å². The zero-order valence-electron chi connectivity index (χ0n) is 4.64. The van der Waals surface area contributed by atoms with Crippen LogP contribution in [0, 0.1) is 34.6 Å². The fraction of sp³-hybridized carbons (Fsp3) is 0. The molecule has 10 heavy (non-hydrogen) atoms. The third kappa shape index (κ3) is 73.2. The summed E-state index contributed by atoms with van der Waals surface area (Å²) in [7, 11) is 0. The molecule has 0 aliphatic carbocycles. The van der Waals surface area contributed by atoms with E-state index in [1.165, 1.54) is 0 Å². The van der Waals surface area contributed by atoms with Gasteiger partial charge in [-0.3, -0.25) is 0 Å². The van der Waals surface area contributed by atoms with Crippen LogP contribution >= 0.6 is 0 Å². The average Bonchev–Trinajstić information content (AvgIpc) is 1.70. The Bertz CT molecular complexity index is 112. The molecule has 0 aliphatic heterocycles. The molecule has 0 aromatic rings. The Kier molecular flexibility index (Phi) is 366. The van der Waals surface area contributed by atoms with Crippen molar-refractivity contribution in [3.8, 4) is 18.8 Å². The number of rotatable bonds is 0. The van der Waals surface area contributed by atoms with Crippen molar-refractivity contribution in [2.45, 2.75) is 0 Å². The third-order valence-electron chi connectivity index (χ3n) is 0. The molecule has 0 unspecified atom stereocenters. The van der Waals surface area contributed by atoms with Gasteiger partial charge in [-0.1, -0.05) is 0 Å². The number of nitriles is 3. The molecular weight excluding hydrogens is 153 g/mol. The molecule has 0 fully saturated rings. The molecule has 0 spiro atoms. The Hall–Kier alpha value is -1.60. The Morgan fingerprint density at radius 1 is 0.700 bits per heavy atom. The molecule has 48 valence electrons. The maximum Gasteiger partial charge on any atom is 3.00 e. The molecular formula is C3AlN3O3. The van der Waals surface area contributed by atoms with E-state index < -0.39 is 0 Å². The predicted molar refractivity (Wildman–Crippen MR) is 22.6 cm³/mol. The van der Waals surface area contributed by atoms with Crippen molar-refractivity contribution in [1.29, 1.82) is 15.8 Å². The minimum Gasteiger partial charge on any atom is -0.812 e. The zero-order valence-corrected chi connectivity index (χ0v) is 5.80. The molecule has 0 saturated carbocycles. The van der Waals surface area contributed by atoms with Gasteiger partial charge in [0, 0.05) is 18.8 Å². The van der Waals surface area contributed by atoms with Gasteiger partial charge >= 0.3 is 17.4 Å². The summed E-state index contributed by atoms with van der Waals surface area (Å²) in [4.78, 5) is 0. The standard InChI is InChI=1S/3CHNO.Al/c3*2-1-3;/h3*3H;/q;;;+3/p-3. The fourth-order valence-corrected chi connectivity index (χ4v) is 0. The molecule has 0 heterocycles. The van der Waals surface area contributed by atoms with E-state index >= 15 is 0 Å². The minimum absolute atomic E-state index is 0. The molecule has 0 radical (unpaired) electrons. The van der Waals surface area contributed by atoms with Crippen LogP contribution in [0.2, 0.25) is 0 Å². The van der Waals surface area contributed by atoms with Crippen LogP contribution in [-0.4, -0.2) is 17.4 Å². The van der Waals surface area contributed by atoms with Crippen LogP contribution in [0.4, 0.5) is 0 Å². The molecule has 0 rings (SSSR count). The number of nitrogens with zero attached hydrogens (tertiary/aromatic N) is 3. The van der Waals surface area contributed by atoms with Gasteiger partial charge in [0.25, 0.3) is 0 Å². The van der Waals surface area contributed by atoms with Crippen LogP contribution in [0.3, 0.4) is 0 Å². The summed E-state index contributed by atoms with van der Waals surface area (Å²) in [6, 6.07) is 0. The molecule has 0 amide bonds. The summed E-state index contributed by atoms with van der Waals surface area (Å²) < 4.78 is 0. The van der Waals surface area contributed by atoms with Crippen molar-refractivity contribution in [3.63, 3.8) is 0 Å². The van der Waals surface area contributed by atoms with Crippen molar-refractivity contribution in [2.75, 3.05) is 0 Å². The SMILES string of the molecule is N#C[O-].N#C[O-].N#C[O-].[Al+3]. The van der Waals surface area contributed by atoms with Gasteiger partial charge in [-0.05, 0) is 0 Å².